The van der Waals surface area contributed by atoms with Gasteiger partial charge in [-0.05, 0) is 26.3 Å². The zero-order chi connectivity index (χ0) is 12.7. The lowest BCUT2D eigenvalue weighted by Gasteiger charge is -2.23. The molecule has 1 atom stereocenters. The third-order valence-corrected chi connectivity index (χ3v) is 3.41. The van der Waals surface area contributed by atoms with E-state index in [1.54, 1.807) is 11.6 Å². The number of carbonyl (C=O) groups is 1. The number of hydrogen-bond donors (Lipinski definition) is 3. The number of rotatable bonds is 5. The van der Waals surface area contributed by atoms with Gasteiger partial charge in [0.05, 0.1) is 6.61 Å². The van der Waals surface area contributed by atoms with Gasteiger partial charge in [0.2, 0.25) is 0 Å². The molecule has 17 heavy (non-hydrogen) atoms. The van der Waals surface area contributed by atoms with Crippen LogP contribution in [0.25, 0.3) is 0 Å². The summed E-state index contributed by atoms with van der Waals surface area (Å²) < 4.78 is 31.4. The molecule has 1 amide bonds. The minimum absolute atomic E-state index is 0.127. The van der Waals surface area contributed by atoms with E-state index in [4.69, 9.17) is 0 Å². The van der Waals surface area contributed by atoms with Gasteiger partial charge in [-0.25, -0.2) is 9.52 Å². The van der Waals surface area contributed by atoms with Gasteiger partial charge in [-0.1, -0.05) is 6.42 Å². The predicted octanol–water partition coefficient (Wildman–Crippen LogP) is -0.291. The van der Waals surface area contributed by atoms with Crippen molar-refractivity contribution in [3.05, 3.63) is 0 Å². The van der Waals surface area contributed by atoms with E-state index in [9.17, 15) is 13.2 Å². The summed E-state index contributed by atoms with van der Waals surface area (Å²) >= 11 is 0. The molecule has 0 bridgehead atoms. The van der Waals surface area contributed by atoms with Crippen LogP contribution in [0.5, 0.6) is 0 Å². The van der Waals surface area contributed by atoms with Crippen LogP contribution in [0.1, 0.15) is 26.2 Å². The Morgan fingerprint density at radius 1 is 1.47 bits per heavy atom. The third kappa shape index (κ3) is 5.85. The van der Waals surface area contributed by atoms with Crippen LogP contribution < -0.4 is 14.8 Å². The van der Waals surface area contributed by atoms with Gasteiger partial charge in [0, 0.05) is 12.6 Å². The summed E-state index contributed by atoms with van der Waals surface area (Å²) in [6.45, 7) is 2.91. The topological polar surface area (TPSA) is 96.5 Å². The molecule has 100 valence electrons. The van der Waals surface area contributed by atoms with E-state index in [1.165, 1.54) is 0 Å². The van der Waals surface area contributed by atoms with Crippen molar-refractivity contribution in [3.63, 3.8) is 0 Å². The van der Waals surface area contributed by atoms with Crippen LogP contribution in [-0.2, 0) is 14.9 Å². The molecule has 1 aliphatic heterocycles. The van der Waals surface area contributed by atoms with Crippen LogP contribution in [-0.4, -0.2) is 40.2 Å². The number of nitrogens with one attached hydrogen (secondary N) is 3. The number of amides is 1. The SMILES string of the molecule is CCOC(=O)NS(=O)(=O)NCC1CCCCN1. The van der Waals surface area contributed by atoms with Crippen molar-refractivity contribution < 1.29 is 17.9 Å². The van der Waals surface area contributed by atoms with Crippen molar-refractivity contribution >= 4 is 16.3 Å². The lowest BCUT2D eigenvalue weighted by Crippen LogP contribution is -2.47. The third-order valence-electron chi connectivity index (χ3n) is 2.43. The van der Waals surface area contributed by atoms with Crippen LogP contribution in [0.15, 0.2) is 0 Å². The maximum atomic E-state index is 11.4. The van der Waals surface area contributed by atoms with Crippen molar-refractivity contribution in [2.45, 2.75) is 32.2 Å². The number of piperidine rings is 1. The van der Waals surface area contributed by atoms with E-state index in [2.05, 4.69) is 14.8 Å². The second kappa shape index (κ2) is 6.77. The van der Waals surface area contributed by atoms with Crippen molar-refractivity contribution in [2.24, 2.45) is 0 Å². The molecular formula is C9H19N3O4S. The highest BCUT2D eigenvalue weighted by atomic mass is 32.2. The number of carbonyl (C=O) groups excluding carboxylic acids is 1. The molecule has 0 aromatic carbocycles. The fraction of sp³-hybridized carbons (Fsp3) is 0.889. The van der Waals surface area contributed by atoms with E-state index in [0.29, 0.717) is 0 Å². The Hall–Kier alpha value is -0.860. The molecule has 7 nitrogen and oxygen atoms in total. The standard InChI is InChI=1S/C9H19N3O4S/c1-2-16-9(13)12-17(14,15)11-7-8-5-3-4-6-10-8/h8,10-11H,2-7H2,1H3,(H,12,13). The summed E-state index contributed by atoms with van der Waals surface area (Å²) in [6.07, 6.45) is 2.17. The van der Waals surface area contributed by atoms with Gasteiger partial charge >= 0.3 is 16.3 Å². The van der Waals surface area contributed by atoms with Crippen LogP contribution in [0.2, 0.25) is 0 Å². The second-order valence-electron chi connectivity index (χ2n) is 3.82. The maximum Gasteiger partial charge on any atom is 0.421 e. The van der Waals surface area contributed by atoms with Crippen LogP contribution in [0, 0.1) is 0 Å². The summed E-state index contributed by atoms with van der Waals surface area (Å²) in [5.74, 6) is 0. The lowest BCUT2D eigenvalue weighted by molar-refractivity contribution is 0.158. The molecule has 0 aliphatic carbocycles. The highest BCUT2D eigenvalue weighted by molar-refractivity contribution is 7.88. The molecule has 0 aromatic heterocycles. The molecule has 0 saturated carbocycles. The Morgan fingerprint density at radius 3 is 2.82 bits per heavy atom. The van der Waals surface area contributed by atoms with E-state index < -0.39 is 16.3 Å². The summed E-state index contributed by atoms with van der Waals surface area (Å²) in [5.41, 5.74) is 0. The molecule has 1 heterocycles. The predicted molar refractivity (Wildman–Crippen MR) is 62.7 cm³/mol. The first-order valence-corrected chi connectivity index (χ1v) is 7.19. The van der Waals surface area contributed by atoms with Gasteiger partial charge in [-0.3, -0.25) is 0 Å². The molecule has 0 aromatic rings. The first-order valence-electron chi connectivity index (χ1n) is 5.71. The fourth-order valence-corrected chi connectivity index (χ4v) is 2.39. The first-order chi connectivity index (χ1) is 8.03. The zero-order valence-corrected chi connectivity index (χ0v) is 10.7. The molecule has 0 radical (unpaired) electrons. The minimum Gasteiger partial charge on any atom is -0.449 e. The van der Waals surface area contributed by atoms with Crippen LogP contribution in [0.3, 0.4) is 0 Å². The normalized spacial score (nSPS) is 20.9. The number of ether oxygens (including phenoxy) is 1. The lowest BCUT2D eigenvalue weighted by atomic mass is 10.1. The highest BCUT2D eigenvalue weighted by Gasteiger charge is 2.18. The van der Waals surface area contributed by atoms with Gasteiger partial charge in [0.15, 0.2) is 0 Å². The van der Waals surface area contributed by atoms with Crippen LogP contribution in [0.4, 0.5) is 4.79 Å². The molecule has 1 aliphatic rings. The molecule has 1 rings (SSSR count). The molecule has 3 N–H and O–H groups in total. The van der Waals surface area contributed by atoms with E-state index in [-0.39, 0.29) is 19.2 Å². The van der Waals surface area contributed by atoms with Gasteiger partial charge in [0.1, 0.15) is 0 Å². The average Bonchev–Trinajstić information content (AvgIpc) is 2.27. The maximum absolute atomic E-state index is 11.4. The summed E-state index contributed by atoms with van der Waals surface area (Å²) in [6, 6.07) is 0.127. The molecule has 0 spiro atoms. The van der Waals surface area contributed by atoms with Gasteiger partial charge in [-0.2, -0.15) is 13.1 Å². The first kappa shape index (κ1) is 14.2. The van der Waals surface area contributed by atoms with Gasteiger partial charge in [0.25, 0.3) is 0 Å². The molecule has 1 fully saturated rings. The summed E-state index contributed by atoms with van der Waals surface area (Å²) in [4.78, 5) is 10.9. The van der Waals surface area contributed by atoms with E-state index in [1.807, 2.05) is 0 Å². The minimum atomic E-state index is -3.82. The summed E-state index contributed by atoms with van der Waals surface area (Å²) in [5, 5.41) is 3.20. The molecular weight excluding hydrogens is 246 g/mol. The monoisotopic (exact) mass is 265 g/mol. The number of hydrogen-bond acceptors (Lipinski definition) is 5. The van der Waals surface area contributed by atoms with Crippen molar-refractivity contribution in [3.8, 4) is 0 Å². The molecule has 1 unspecified atom stereocenters. The van der Waals surface area contributed by atoms with Crippen molar-refractivity contribution in [2.75, 3.05) is 19.7 Å². The van der Waals surface area contributed by atoms with E-state index in [0.717, 1.165) is 25.8 Å². The Kier molecular flexibility index (Phi) is 5.66. The van der Waals surface area contributed by atoms with Gasteiger partial charge in [-0.15, -0.1) is 0 Å². The molecule has 1 saturated heterocycles. The summed E-state index contributed by atoms with van der Waals surface area (Å²) in [7, 11) is -3.82. The van der Waals surface area contributed by atoms with Crippen molar-refractivity contribution in [1.82, 2.24) is 14.8 Å². The van der Waals surface area contributed by atoms with Crippen LogP contribution >= 0.6 is 0 Å². The molecule has 8 heteroatoms. The quantitative estimate of drug-likeness (QED) is 0.634. The Morgan fingerprint density at radius 2 is 2.24 bits per heavy atom. The second-order valence-corrected chi connectivity index (χ2v) is 5.32. The Labute approximate surface area is 101 Å². The van der Waals surface area contributed by atoms with Crippen molar-refractivity contribution in [1.29, 1.82) is 0 Å². The van der Waals surface area contributed by atoms with E-state index >= 15 is 0 Å². The highest BCUT2D eigenvalue weighted by Crippen LogP contribution is 2.05. The Bertz CT molecular complexity index is 338. The zero-order valence-electron chi connectivity index (χ0n) is 9.86. The Balaban J connectivity index is 2.30. The average molecular weight is 265 g/mol. The fourth-order valence-electron chi connectivity index (χ4n) is 1.61. The largest absolute Gasteiger partial charge is 0.449 e. The van der Waals surface area contributed by atoms with Gasteiger partial charge < -0.3 is 10.1 Å². The smallest absolute Gasteiger partial charge is 0.421 e.